The Morgan fingerprint density at radius 2 is 2.23 bits per heavy atom. The molecule has 0 radical (unpaired) electrons. The van der Waals surface area contributed by atoms with Crippen molar-refractivity contribution in [2.75, 3.05) is 0 Å². The summed E-state index contributed by atoms with van der Waals surface area (Å²) in [6.45, 7) is 0.0560. The first-order chi connectivity index (χ1) is 10.4. The third kappa shape index (κ3) is 2.99. The molecule has 0 aromatic carbocycles. The van der Waals surface area contributed by atoms with Crippen molar-refractivity contribution < 1.29 is 18.0 Å². The molecule has 3 rings (SSSR count). The smallest absolute Gasteiger partial charge is 0.349 e. The number of nitrogens with one attached hydrogen (secondary N) is 1. The summed E-state index contributed by atoms with van der Waals surface area (Å²) >= 11 is 1.41. The molecule has 0 atom stereocenters. The Kier molecular flexibility index (Phi) is 3.90. The van der Waals surface area contributed by atoms with Crippen LogP contribution in [0.3, 0.4) is 0 Å². The van der Waals surface area contributed by atoms with Crippen molar-refractivity contribution in [3.05, 3.63) is 33.5 Å². The van der Waals surface area contributed by atoms with E-state index in [1.165, 1.54) is 16.0 Å². The van der Waals surface area contributed by atoms with E-state index in [0.29, 0.717) is 25.0 Å². The SMILES string of the molecule is O=C(Cn1nc(C(F)(F)F)c2c1CCC2)NCc1cscn1. The molecule has 2 aromatic rings. The molecule has 1 aliphatic rings. The number of carbonyl (C=O) groups is 1. The van der Waals surface area contributed by atoms with Crippen LogP contribution in [-0.4, -0.2) is 20.7 Å². The second-order valence-electron chi connectivity index (χ2n) is 5.04. The highest BCUT2D eigenvalue weighted by Gasteiger charge is 2.40. The van der Waals surface area contributed by atoms with Crippen LogP contribution in [0.2, 0.25) is 0 Å². The monoisotopic (exact) mass is 330 g/mol. The molecule has 1 N–H and O–H groups in total. The normalized spacial score (nSPS) is 14.1. The summed E-state index contributed by atoms with van der Waals surface area (Å²) in [5.74, 6) is -0.376. The molecule has 0 unspecified atom stereocenters. The molecular formula is C13H13F3N4OS. The summed E-state index contributed by atoms with van der Waals surface area (Å²) in [5, 5.41) is 8.04. The Bertz CT molecular complexity index is 678. The number of amides is 1. The topological polar surface area (TPSA) is 59.8 Å². The summed E-state index contributed by atoms with van der Waals surface area (Å²) in [6.07, 6.45) is -2.92. The fourth-order valence-corrected chi connectivity index (χ4v) is 3.13. The molecule has 2 aromatic heterocycles. The summed E-state index contributed by atoms with van der Waals surface area (Å²) < 4.78 is 40.0. The maximum atomic E-state index is 12.9. The van der Waals surface area contributed by atoms with Gasteiger partial charge in [-0.1, -0.05) is 0 Å². The number of fused-ring (bicyclic) bond motifs is 1. The average molecular weight is 330 g/mol. The molecule has 0 spiro atoms. The maximum absolute atomic E-state index is 12.9. The molecule has 0 saturated heterocycles. The second kappa shape index (κ2) is 5.71. The van der Waals surface area contributed by atoms with Crippen LogP contribution in [0.4, 0.5) is 13.2 Å². The van der Waals surface area contributed by atoms with Gasteiger partial charge in [-0.05, 0) is 19.3 Å². The molecule has 118 valence electrons. The Morgan fingerprint density at radius 3 is 2.91 bits per heavy atom. The lowest BCUT2D eigenvalue weighted by Crippen LogP contribution is -2.28. The summed E-state index contributed by atoms with van der Waals surface area (Å²) in [4.78, 5) is 15.9. The van der Waals surface area contributed by atoms with Crippen LogP contribution in [-0.2, 0) is 36.9 Å². The third-order valence-electron chi connectivity index (χ3n) is 3.52. The van der Waals surface area contributed by atoms with E-state index in [2.05, 4.69) is 15.4 Å². The Balaban J connectivity index is 1.71. The van der Waals surface area contributed by atoms with Crippen molar-refractivity contribution in [3.63, 3.8) is 0 Å². The van der Waals surface area contributed by atoms with Crippen molar-refractivity contribution in [1.82, 2.24) is 20.1 Å². The molecule has 0 fully saturated rings. The van der Waals surface area contributed by atoms with Crippen LogP contribution in [0.15, 0.2) is 10.9 Å². The first-order valence-corrected chi connectivity index (χ1v) is 7.69. The zero-order valence-corrected chi connectivity index (χ0v) is 12.3. The number of aromatic nitrogens is 3. The molecule has 9 heteroatoms. The molecule has 0 aliphatic heterocycles. The minimum Gasteiger partial charge on any atom is -0.349 e. The minimum absolute atomic E-state index is 0.206. The zero-order chi connectivity index (χ0) is 15.7. The van der Waals surface area contributed by atoms with Gasteiger partial charge in [-0.15, -0.1) is 11.3 Å². The lowest BCUT2D eigenvalue weighted by Gasteiger charge is -2.07. The zero-order valence-electron chi connectivity index (χ0n) is 11.5. The van der Waals surface area contributed by atoms with Crippen LogP contribution in [0, 0.1) is 0 Å². The molecule has 1 aliphatic carbocycles. The fourth-order valence-electron chi connectivity index (χ4n) is 2.57. The van der Waals surface area contributed by atoms with Crippen LogP contribution in [0.5, 0.6) is 0 Å². The van der Waals surface area contributed by atoms with Gasteiger partial charge in [-0.3, -0.25) is 9.48 Å². The van der Waals surface area contributed by atoms with Gasteiger partial charge in [0.15, 0.2) is 5.69 Å². The van der Waals surface area contributed by atoms with Gasteiger partial charge in [-0.2, -0.15) is 18.3 Å². The lowest BCUT2D eigenvalue weighted by atomic mass is 10.2. The van der Waals surface area contributed by atoms with Crippen LogP contribution in [0.1, 0.15) is 29.1 Å². The second-order valence-corrected chi connectivity index (χ2v) is 5.76. The number of alkyl halides is 3. The van der Waals surface area contributed by atoms with Crippen molar-refractivity contribution >= 4 is 17.2 Å². The first kappa shape index (κ1) is 15.0. The van der Waals surface area contributed by atoms with Gasteiger partial charge < -0.3 is 5.32 Å². The van der Waals surface area contributed by atoms with Crippen molar-refractivity contribution in [3.8, 4) is 0 Å². The molecule has 22 heavy (non-hydrogen) atoms. The highest BCUT2D eigenvalue weighted by molar-refractivity contribution is 7.07. The van der Waals surface area contributed by atoms with Crippen LogP contribution >= 0.6 is 11.3 Å². The van der Waals surface area contributed by atoms with E-state index in [0.717, 1.165) is 5.69 Å². The van der Waals surface area contributed by atoms with Crippen molar-refractivity contribution in [2.24, 2.45) is 0 Å². The van der Waals surface area contributed by atoms with Gasteiger partial charge in [0.05, 0.1) is 17.7 Å². The standard InChI is InChI=1S/C13H13F3N4OS/c14-13(15,16)12-9-2-1-3-10(9)20(19-12)5-11(21)17-4-8-6-22-7-18-8/h6-7H,1-5H2,(H,17,21). The lowest BCUT2D eigenvalue weighted by molar-refractivity contribution is -0.142. The van der Waals surface area contributed by atoms with E-state index in [4.69, 9.17) is 0 Å². The van der Waals surface area contributed by atoms with Crippen molar-refractivity contribution in [2.45, 2.75) is 38.5 Å². The Morgan fingerprint density at radius 1 is 1.41 bits per heavy atom. The summed E-state index contributed by atoms with van der Waals surface area (Å²) in [5.41, 5.74) is 2.28. The minimum atomic E-state index is -4.48. The first-order valence-electron chi connectivity index (χ1n) is 6.74. The number of carbonyl (C=O) groups excluding carboxylic acids is 1. The number of thiazole rings is 1. The Labute approximate surface area is 128 Å². The number of halogens is 3. The summed E-state index contributed by atoms with van der Waals surface area (Å²) in [7, 11) is 0. The number of hydrogen-bond donors (Lipinski definition) is 1. The van der Waals surface area contributed by atoms with E-state index in [1.807, 2.05) is 0 Å². The highest BCUT2D eigenvalue weighted by atomic mass is 32.1. The molecule has 0 saturated carbocycles. The third-order valence-corrected chi connectivity index (χ3v) is 4.15. The van der Waals surface area contributed by atoms with Gasteiger partial charge in [0, 0.05) is 16.6 Å². The fraction of sp³-hybridized carbons (Fsp3) is 0.462. The molecule has 5 nitrogen and oxygen atoms in total. The molecule has 2 heterocycles. The highest BCUT2D eigenvalue weighted by Crippen LogP contribution is 2.36. The van der Waals surface area contributed by atoms with E-state index < -0.39 is 11.9 Å². The maximum Gasteiger partial charge on any atom is 0.435 e. The number of hydrogen-bond acceptors (Lipinski definition) is 4. The van der Waals surface area contributed by atoms with Crippen molar-refractivity contribution in [1.29, 1.82) is 0 Å². The quantitative estimate of drug-likeness (QED) is 0.935. The predicted octanol–water partition coefficient (Wildman–Crippen LogP) is 2.16. The van der Waals surface area contributed by atoms with E-state index in [9.17, 15) is 18.0 Å². The van der Waals surface area contributed by atoms with Gasteiger partial charge in [0.1, 0.15) is 6.54 Å². The largest absolute Gasteiger partial charge is 0.435 e. The van der Waals surface area contributed by atoms with E-state index in [1.54, 1.807) is 10.9 Å². The average Bonchev–Trinajstić information content (AvgIpc) is 3.13. The van der Waals surface area contributed by atoms with E-state index >= 15 is 0 Å². The molecular weight excluding hydrogens is 317 g/mol. The van der Waals surface area contributed by atoms with Gasteiger partial charge in [-0.25, -0.2) is 4.98 Å². The van der Waals surface area contributed by atoms with Gasteiger partial charge in [0.25, 0.3) is 0 Å². The summed E-state index contributed by atoms with van der Waals surface area (Å²) in [6, 6.07) is 0. The van der Waals surface area contributed by atoms with Crippen LogP contribution in [0.25, 0.3) is 0 Å². The van der Waals surface area contributed by atoms with Gasteiger partial charge >= 0.3 is 6.18 Å². The predicted molar refractivity (Wildman–Crippen MR) is 73.2 cm³/mol. The van der Waals surface area contributed by atoms with Crippen LogP contribution < -0.4 is 5.32 Å². The number of rotatable bonds is 4. The molecule has 1 amide bonds. The molecule has 0 bridgehead atoms. The number of nitrogens with zero attached hydrogens (tertiary/aromatic N) is 3. The van der Waals surface area contributed by atoms with Gasteiger partial charge in [0.2, 0.25) is 5.91 Å². The van der Waals surface area contributed by atoms with E-state index in [-0.39, 0.29) is 24.6 Å². The Hall–Kier alpha value is -1.90.